The van der Waals surface area contributed by atoms with E-state index in [1.165, 1.54) is 25.7 Å². The maximum atomic E-state index is 12.5. The van der Waals surface area contributed by atoms with E-state index in [4.69, 9.17) is 4.52 Å². The molecule has 2 aromatic heterocycles. The molecule has 1 fully saturated rings. The van der Waals surface area contributed by atoms with Gasteiger partial charge in [-0.05, 0) is 48.7 Å². The molecule has 0 atom stereocenters. The van der Waals surface area contributed by atoms with E-state index in [0.29, 0.717) is 30.4 Å². The summed E-state index contributed by atoms with van der Waals surface area (Å²) in [5.41, 5.74) is 3.34. The van der Waals surface area contributed by atoms with Gasteiger partial charge in [-0.25, -0.2) is 4.98 Å². The summed E-state index contributed by atoms with van der Waals surface area (Å²) in [7, 11) is 0. The van der Waals surface area contributed by atoms with Gasteiger partial charge >= 0.3 is 0 Å². The fourth-order valence-electron chi connectivity index (χ4n) is 4.56. The predicted octanol–water partition coefficient (Wildman–Crippen LogP) is 6.16. The second-order valence-electron chi connectivity index (χ2n) is 8.76. The highest BCUT2D eigenvalue weighted by Gasteiger charge is 2.17. The van der Waals surface area contributed by atoms with Crippen molar-refractivity contribution in [2.75, 3.05) is 6.54 Å². The highest BCUT2D eigenvalue weighted by atomic mass is 79.9. The minimum atomic E-state index is -0.116. The minimum Gasteiger partial charge on any atom is -0.350 e. The largest absolute Gasteiger partial charge is 0.350 e. The van der Waals surface area contributed by atoms with Crippen LogP contribution < -0.4 is 5.32 Å². The number of rotatable bonds is 8. The van der Waals surface area contributed by atoms with Gasteiger partial charge in [-0.2, -0.15) is 4.98 Å². The second kappa shape index (κ2) is 10.4. The number of imidazole rings is 1. The van der Waals surface area contributed by atoms with Gasteiger partial charge in [-0.1, -0.05) is 62.7 Å². The predicted molar refractivity (Wildman–Crippen MR) is 137 cm³/mol. The Kier molecular flexibility index (Phi) is 7.10. The summed E-state index contributed by atoms with van der Waals surface area (Å²) in [4.78, 5) is 21.6. The van der Waals surface area contributed by atoms with E-state index in [9.17, 15) is 4.79 Å². The fourth-order valence-corrected chi connectivity index (χ4v) is 5.85. The third-order valence-corrected chi connectivity index (χ3v) is 7.27. The lowest BCUT2D eigenvalue weighted by Crippen LogP contribution is -2.27. The van der Waals surface area contributed by atoms with Gasteiger partial charge in [-0.3, -0.25) is 4.79 Å². The van der Waals surface area contributed by atoms with E-state index in [0.717, 1.165) is 44.3 Å². The van der Waals surface area contributed by atoms with Crippen molar-refractivity contribution in [2.24, 2.45) is 5.92 Å². The number of nitrogens with one attached hydrogen (secondary N) is 1. The summed E-state index contributed by atoms with van der Waals surface area (Å²) in [5.74, 6) is 2.00. The molecule has 1 aliphatic rings. The zero-order chi connectivity index (χ0) is 23.5. The molecular formula is C25H25Br2N5O2. The molecule has 7 nitrogen and oxygen atoms in total. The van der Waals surface area contributed by atoms with Crippen LogP contribution in [0.5, 0.6) is 0 Å². The second-order valence-corrected chi connectivity index (χ2v) is 10.6. The van der Waals surface area contributed by atoms with Crippen molar-refractivity contribution in [3.05, 3.63) is 63.1 Å². The van der Waals surface area contributed by atoms with Crippen LogP contribution in [0.3, 0.4) is 0 Å². The molecule has 2 aromatic carbocycles. The molecule has 0 spiro atoms. The third-order valence-electron chi connectivity index (χ3n) is 6.35. The van der Waals surface area contributed by atoms with Crippen LogP contribution in [0, 0.1) is 5.92 Å². The summed E-state index contributed by atoms with van der Waals surface area (Å²) in [5, 5.41) is 7.15. The van der Waals surface area contributed by atoms with Crippen LogP contribution in [0.25, 0.3) is 22.4 Å². The molecule has 9 heteroatoms. The first kappa shape index (κ1) is 23.2. The number of hydrogen-bond donors (Lipinski definition) is 1. The number of hydrogen-bond acceptors (Lipinski definition) is 5. The SMILES string of the molecule is O=C(NCCn1cnc2cc(-c3noc(CCC4CCCC4)n3)ccc21)c1cc(Br)cc(Br)c1. The lowest BCUT2D eigenvalue weighted by Gasteiger charge is -2.08. The van der Waals surface area contributed by atoms with Crippen molar-refractivity contribution in [3.8, 4) is 11.4 Å². The number of carbonyl (C=O) groups is 1. The van der Waals surface area contributed by atoms with Gasteiger partial charge in [0.2, 0.25) is 11.7 Å². The summed E-state index contributed by atoms with van der Waals surface area (Å²) in [6.07, 6.45) is 9.11. The van der Waals surface area contributed by atoms with E-state index in [1.807, 2.05) is 28.8 Å². The number of halogens is 2. The molecule has 0 unspecified atom stereocenters. The van der Waals surface area contributed by atoms with Crippen LogP contribution in [0.15, 0.2) is 56.2 Å². The Balaban J connectivity index is 1.20. The molecule has 1 N–H and O–H groups in total. The number of fused-ring (bicyclic) bond motifs is 1. The van der Waals surface area contributed by atoms with Crippen LogP contribution in [-0.4, -0.2) is 32.1 Å². The Morgan fingerprint density at radius 2 is 1.91 bits per heavy atom. The molecule has 0 saturated heterocycles. The van der Waals surface area contributed by atoms with Crippen LogP contribution in [-0.2, 0) is 13.0 Å². The molecule has 0 radical (unpaired) electrons. The van der Waals surface area contributed by atoms with Crippen molar-refractivity contribution in [1.82, 2.24) is 25.0 Å². The Morgan fingerprint density at radius 3 is 2.71 bits per heavy atom. The molecular weight excluding hydrogens is 562 g/mol. The lowest BCUT2D eigenvalue weighted by atomic mass is 10.0. The molecule has 5 rings (SSSR count). The maximum absolute atomic E-state index is 12.5. The zero-order valence-electron chi connectivity index (χ0n) is 18.6. The first-order chi connectivity index (χ1) is 16.5. The summed E-state index contributed by atoms with van der Waals surface area (Å²) in [6.45, 7) is 1.11. The standard InChI is InChI=1S/C25H25Br2N5O2/c26-19-11-18(12-20(27)14-19)25(33)28-9-10-32-15-29-21-13-17(6-7-22(21)32)24-30-23(34-31-24)8-5-16-3-1-2-4-16/h6-7,11-16H,1-5,8-10H2,(H,28,33). The van der Waals surface area contributed by atoms with Crippen LogP contribution in [0.2, 0.25) is 0 Å². The lowest BCUT2D eigenvalue weighted by molar-refractivity contribution is 0.0952. The first-order valence-electron chi connectivity index (χ1n) is 11.6. The molecule has 2 heterocycles. The zero-order valence-corrected chi connectivity index (χ0v) is 21.8. The van der Waals surface area contributed by atoms with Crippen molar-refractivity contribution < 1.29 is 9.32 Å². The molecule has 34 heavy (non-hydrogen) atoms. The normalized spacial score (nSPS) is 14.2. The molecule has 4 aromatic rings. The van der Waals surface area contributed by atoms with Crippen LogP contribution in [0.1, 0.15) is 48.4 Å². The Hall–Kier alpha value is -2.52. The van der Waals surface area contributed by atoms with E-state index >= 15 is 0 Å². The average molecular weight is 587 g/mol. The van der Waals surface area contributed by atoms with E-state index in [1.54, 1.807) is 18.5 Å². The fraction of sp³-hybridized carbons (Fsp3) is 0.360. The Morgan fingerprint density at radius 1 is 1.12 bits per heavy atom. The highest BCUT2D eigenvalue weighted by molar-refractivity contribution is 9.11. The van der Waals surface area contributed by atoms with E-state index in [2.05, 4.69) is 52.3 Å². The van der Waals surface area contributed by atoms with E-state index < -0.39 is 0 Å². The Labute approximate surface area is 214 Å². The topological polar surface area (TPSA) is 85.8 Å². The number of carbonyl (C=O) groups excluding carboxylic acids is 1. The number of aryl methyl sites for hydroxylation is 1. The van der Waals surface area contributed by atoms with Gasteiger partial charge < -0.3 is 14.4 Å². The molecule has 1 amide bonds. The summed E-state index contributed by atoms with van der Waals surface area (Å²) < 4.78 is 9.22. The molecule has 176 valence electrons. The van der Waals surface area contributed by atoms with Gasteiger partial charge in [0.1, 0.15) is 0 Å². The van der Waals surface area contributed by atoms with Crippen LogP contribution in [0.4, 0.5) is 0 Å². The maximum Gasteiger partial charge on any atom is 0.251 e. The number of amides is 1. The van der Waals surface area contributed by atoms with Crippen molar-refractivity contribution >= 4 is 48.8 Å². The van der Waals surface area contributed by atoms with Crippen molar-refractivity contribution in [3.63, 3.8) is 0 Å². The molecule has 1 aliphatic carbocycles. The third kappa shape index (κ3) is 5.41. The molecule has 0 bridgehead atoms. The monoisotopic (exact) mass is 585 g/mol. The smallest absolute Gasteiger partial charge is 0.251 e. The average Bonchev–Trinajstić information content (AvgIpc) is 3.58. The number of nitrogens with zero attached hydrogens (tertiary/aromatic N) is 4. The Bertz CT molecular complexity index is 1290. The number of aromatic nitrogens is 4. The summed E-state index contributed by atoms with van der Waals surface area (Å²) in [6, 6.07) is 11.5. The van der Waals surface area contributed by atoms with Gasteiger partial charge in [0, 0.05) is 39.6 Å². The van der Waals surface area contributed by atoms with E-state index in [-0.39, 0.29) is 5.91 Å². The van der Waals surface area contributed by atoms with Gasteiger partial charge in [0.15, 0.2) is 0 Å². The van der Waals surface area contributed by atoms with Gasteiger partial charge in [0.05, 0.1) is 17.4 Å². The van der Waals surface area contributed by atoms with Crippen LogP contribution >= 0.6 is 31.9 Å². The highest BCUT2D eigenvalue weighted by Crippen LogP contribution is 2.29. The number of benzene rings is 2. The first-order valence-corrected chi connectivity index (χ1v) is 13.2. The van der Waals surface area contributed by atoms with Crippen molar-refractivity contribution in [2.45, 2.75) is 45.1 Å². The van der Waals surface area contributed by atoms with Gasteiger partial charge in [-0.15, -0.1) is 0 Å². The van der Waals surface area contributed by atoms with Crippen molar-refractivity contribution in [1.29, 1.82) is 0 Å². The minimum absolute atomic E-state index is 0.116. The molecule has 0 aliphatic heterocycles. The molecule has 1 saturated carbocycles. The summed E-state index contributed by atoms with van der Waals surface area (Å²) >= 11 is 6.83. The quantitative estimate of drug-likeness (QED) is 0.267. The van der Waals surface area contributed by atoms with Gasteiger partial charge in [0.25, 0.3) is 5.91 Å².